The first kappa shape index (κ1) is 20.3. The molecule has 0 aliphatic carbocycles. The zero-order valence-electron chi connectivity index (χ0n) is 17.0. The number of ether oxygens (including phenoxy) is 3. The average molecular weight is 395 g/mol. The van der Waals surface area contributed by atoms with Crippen molar-refractivity contribution in [3.63, 3.8) is 0 Å². The monoisotopic (exact) mass is 395 g/mol. The standard InChI is InChI=1S/C22H25N3O4/c1-15(19-13-18(27-3)9-10-20(19)28-4)24-22(26)16-5-7-17(8-6-16)29-14-21-23-11-12-25(21)2/h5-13,15H,14H2,1-4H3,(H,24,26). The van der Waals surface area contributed by atoms with Gasteiger partial charge in [-0.3, -0.25) is 4.79 Å². The summed E-state index contributed by atoms with van der Waals surface area (Å²) in [6.07, 6.45) is 3.59. The van der Waals surface area contributed by atoms with Gasteiger partial charge in [0.2, 0.25) is 0 Å². The van der Waals surface area contributed by atoms with Crippen molar-refractivity contribution < 1.29 is 19.0 Å². The topological polar surface area (TPSA) is 74.6 Å². The quantitative estimate of drug-likeness (QED) is 0.632. The Balaban J connectivity index is 1.64. The molecule has 0 radical (unpaired) electrons. The lowest BCUT2D eigenvalue weighted by Crippen LogP contribution is -2.26. The van der Waals surface area contributed by atoms with Gasteiger partial charge in [-0.25, -0.2) is 4.98 Å². The van der Waals surface area contributed by atoms with E-state index in [1.165, 1.54) is 0 Å². The number of aryl methyl sites for hydroxylation is 1. The zero-order valence-corrected chi connectivity index (χ0v) is 17.0. The second-order valence-electron chi connectivity index (χ2n) is 6.57. The van der Waals surface area contributed by atoms with Crippen LogP contribution in [0.15, 0.2) is 54.9 Å². The number of hydrogen-bond donors (Lipinski definition) is 1. The minimum Gasteiger partial charge on any atom is -0.497 e. The van der Waals surface area contributed by atoms with E-state index in [-0.39, 0.29) is 11.9 Å². The highest BCUT2D eigenvalue weighted by atomic mass is 16.5. The minimum atomic E-state index is -0.258. The van der Waals surface area contributed by atoms with Gasteiger partial charge in [-0.2, -0.15) is 0 Å². The third-order valence-electron chi connectivity index (χ3n) is 4.66. The third kappa shape index (κ3) is 4.87. The Labute approximate surface area is 170 Å². The van der Waals surface area contributed by atoms with Crippen molar-refractivity contribution >= 4 is 5.91 Å². The van der Waals surface area contributed by atoms with Crippen LogP contribution in [0.3, 0.4) is 0 Å². The van der Waals surface area contributed by atoms with Crippen molar-refractivity contribution in [2.45, 2.75) is 19.6 Å². The molecule has 152 valence electrons. The Morgan fingerprint density at radius 2 is 1.83 bits per heavy atom. The van der Waals surface area contributed by atoms with Crippen LogP contribution in [0.5, 0.6) is 17.2 Å². The molecule has 0 aliphatic heterocycles. The van der Waals surface area contributed by atoms with Gasteiger partial charge in [0, 0.05) is 30.6 Å². The second-order valence-corrected chi connectivity index (χ2v) is 6.57. The summed E-state index contributed by atoms with van der Waals surface area (Å²) in [6.45, 7) is 2.27. The Hall–Kier alpha value is -3.48. The second kappa shape index (κ2) is 9.14. The van der Waals surface area contributed by atoms with Crippen molar-refractivity contribution in [3.05, 3.63) is 71.8 Å². The van der Waals surface area contributed by atoms with Gasteiger partial charge in [-0.1, -0.05) is 0 Å². The number of nitrogens with zero attached hydrogens (tertiary/aromatic N) is 2. The van der Waals surface area contributed by atoms with Gasteiger partial charge in [0.05, 0.1) is 20.3 Å². The summed E-state index contributed by atoms with van der Waals surface area (Å²) in [6, 6.07) is 12.3. The number of carbonyl (C=O) groups excluding carboxylic acids is 1. The van der Waals surface area contributed by atoms with Crippen LogP contribution in [-0.2, 0) is 13.7 Å². The van der Waals surface area contributed by atoms with E-state index in [9.17, 15) is 4.79 Å². The van der Waals surface area contributed by atoms with Crippen LogP contribution in [-0.4, -0.2) is 29.7 Å². The first-order valence-electron chi connectivity index (χ1n) is 9.23. The van der Waals surface area contributed by atoms with E-state index in [0.717, 1.165) is 11.4 Å². The fraction of sp³-hybridized carbons (Fsp3) is 0.273. The summed E-state index contributed by atoms with van der Waals surface area (Å²) in [4.78, 5) is 16.9. The fourth-order valence-electron chi connectivity index (χ4n) is 2.92. The lowest BCUT2D eigenvalue weighted by Gasteiger charge is -2.18. The summed E-state index contributed by atoms with van der Waals surface area (Å²) in [5.74, 6) is 2.71. The van der Waals surface area contributed by atoms with Crippen LogP contribution in [0, 0.1) is 0 Å². The number of hydrogen-bond acceptors (Lipinski definition) is 5. The Morgan fingerprint density at radius 1 is 1.10 bits per heavy atom. The molecule has 0 fully saturated rings. The Bertz CT molecular complexity index is 966. The molecule has 1 unspecified atom stereocenters. The molecule has 1 N–H and O–H groups in total. The average Bonchev–Trinajstić information content (AvgIpc) is 3.16. The third-order valence-corrected chi connectivity index (χ3v) is 4.66. The van der Waals surface area contributed by atoms with Crippen LogP contribution < -0.4 is 19.5 Å². The maximum atomic E-state index is 12.6. The number of imidazole rings is 1. The predicted octanol–water partition coefficient (Wildman–Crippen LogP) is 3.51. The molecule has 7 nitrogen and oxygen atoms in total. The fourth-order valence-corrected chi connectivity index (χ4v) is 2.92. The summed E-state index contributed by atoms with van der Waals surface area (Å²) in [5.41, 5.74) is 1.39. The number of methoxy groups -OCH3 is 2. The first-order chi connectivity index (χ1) is 14.0. The molecule has 0 saturated carbocycles. The molecule has 1 heterocycles. The van der Waals surface area contributed by atoms with Gasteiger partial charge < -0.3 is 24.1 Å². The molecule has 1 amide bonds. The number of aromatic nitrogens is 2. The van der Waals surface area contributed by atoms with Gasteiger partial charge in [-0.05, 0) is 49.4 Å². The van der Waals surface area contributed by atoms with E-state index in [1.807, 2.05) is 42.9 Å². The van der Waals surface area contributed by atoms with Gasteiger partial charge >= 0.3 is 0 Å². The van der Waals surface area contributed by atoms with Crippen LogP contribution in [0.2, 0.25) is 0 Å². The van der Waals surface area contributed by atoms with Gasteiger partial charge in [0.25, 0.3) is 5.91 Å². The molecule has 0 aliphatic rings. The smallest absolute Gasteiger partial charge is 0.251 e. The highest BCUT2D eigenvalue weighted by Crippen LogP contribution is 2.29. The van der Waals surface area contributed by atoms with Crippen molar-refractivity contribution in [1.82, 2.24) is 14.9 Å². The SMILES string of the molecule is COc1ccc(OC)c(C(C)NC(=O)c2ccc(OCc3nccn3C)cc2)c1. The Morgan fingerprint density at radius 3 is 2.45 bits per heavy atom. The van der Waals surface area contributed by atoms with E-state index in [0.29, 0.717) is 29.4 Å². The summed E-state index contributed by atoms with van der Waals surface area (Å²) in [7, 11) is 5.12. The van der Waals surface area contributed by atoms with Gasteiger partial charge in [-0.15, -0.1) is 0 Å². The van der Waals surface area contributed by atoms with Gasteiger partial charge in [0.1, 0.15) is 29.7 Å². The first-order valence-corrected chi connectivity index (χ1v) is 9.23. The molecular weight excluding hydrogens is 370 g/mol. The van der Waals surface area contributed by atoms with E-state index in [1.54, 1.807) is 44.7 Å². The molecule has 0 spiro atoms. The summed E-state index contributed by atoms with van der Waals surface area (Å²) >= 11 is 0. The number of benzene rings is 2. The van der Waals surface area contributed by atoms with Crippen LogP contribution in [0.25, 0.3) is 0 Å². The van der Waals surface area contributed by atoms with E-state index in [4.69, 9.17) is 14.2 Å². The zero-order chi connectivity index (χ0) is 20.8. The Kier molecular flexibility index (Phi) is 6.39. The molecule has 0 bridgehead atoms. The number of carbonyl (C=O) groups is 1. The maximum absolute atomic E-state index is 12.6. The van der Waals surface area contributed by atoms with Crippen LogP contribution >= 0.6 is 0 Å². The lowest BCUT2D eigenvalue weighted by molar-refractivity contribution is 0.0939. The normalized spacial score (nSPS) is 11.6. The molecule has 2 aromatic carbocycles. The molecule has 1 aromatic heterocycles. The summed E-state index contributed by atoms with van der Waals surface area (Å²) < 4.78 is 18.3. The number of rotatable bonds is 8. The largest absolute Gasteiger partial charge is 0.497 e. The maximum Gasteiger partial charge on any atom is 0.251 e. The minimum absolute atomic E-state index is 0.182. The highest BCUT2D eigenvalue weighted by Gasteiger charge is 2.16. The number of nitrogens with one attached hydrogen (secondary N) is 1. The van der Waals surface area contributed by atoms with E-state index in [2.05, 4.69) is 10.3 Å². The molecule has 3 rings (SSSR count). The molecular formula is C22H25N3O4. The molecule has 1 atom stereocenters. The summed E-state index contributed by atoms with van der Waals surface area (Å²) in [5, 5.41) is 2.99. The van der Waals surface area contributed by atoms with E-state index >= 15 is 0 Å². The van der Waals surface area contributed by atoms with Crippen molar-refractivity contribution in [2.75, 3.05) is 14.2 Å². The van der Waals surface area contributed by atoms with Gasteiger partial charge in [0.15, 0.2) is 0 Å². The molecule has 7 heteroatoms. The predicted molar refractivity (Wildman–Crippen MR) is 109 cm³/mol. The van der Waals surface area contributed by atoms with E-state index < -0.39 is 0 Å². The molecule has 29 heavy (non-hydrogen) atoms. The van der Waals surface area contributed by atoms with Crippen molar-refractivity contribution in [2.24, 2.45) is 7.05 Å². The molecule has 3 aromatic rings. The van der Waals surface area contributed by atoms with Crippen LogP contribution in [0.1, 0.15) is 34.7 Å². The number of amides is 1. The lowest BCUT2D eigenvalue weighted by atomic mass is 10.1. The highest BCUT2D eigenvalue weighted by molar-refractivity contribution is 5.94. The molecule has 0 saturated heterocycles. The van der Waals surface area contributed by atoms with Crippen molar-refractivity contribution in [3.8, 4) is 17.2 Å². The van der Waals surface area contributed by atoms with Crippen molar-refractivity contribution in [1.29, 1.82) is 0 Å². The van der Waals surface area contributed by atoms with Crippen LogP contribution in [0.4, 0.5) is 0 Å².